The second-order valence-electron chi connectivity index (χ2n) is 5.80. The monoisotopic (exact) mass is 327 g/mol. The van der Waals surface area contributed by atoms with E-state index in [4.69, 9.17) is 4.98 Å². The van der Waals surface area contributed by atoms with Crippen LogP contribution in [0.5, 0.6) is 0 Å². The van der Waals surface area contributed by atoms with Crippen LogP contribution in [-0.2, 0) is 13.1 Å². The smallest absolute Gasteiger partial charge is 0.261 e. The number of hydrogen-bond donors (Lipinski definition) is 1. The van der Waals surface area contributed by atoms with Crippen LogP contribution in [-0.4, -0.2) is 15.5 Å². The van der Waals surface area contributed by atoms with Crippen molar-refractivity contribution in [3.05, 3.63) is 52.5 Å². The predicted molar refractivity (Wildman–Crippen MR) is 94.7 cm³/mol. The molecule has 0 saturated heterocycles. The van der Waals surface area contributed by atoms with Gasteiger partial charge in [-0.05, 0) is 29.5 Å². The summed E-state index contributed by atoms with van der Waals surface area (Å²) in [5, 5.41) is 4.89. The van der Waals surface area contributed by atoms with Crippen LogP contribution in [0.1, 0.15) is 35.8 Å². The second-order valence-corrected chi connectivity index (χ2v) is 6.75. The number of benzene rings is 1. The predicted octanol–water partition coefficient (Wildman–Crippen LogP) is 4.07. The summed E-state index contributed by atoms with van der Waals surface area (Å²) in [6, 6.07) is 11.9. The minimum absolute atomic E-state index is 0.0397. The number of nitrogens with one attached hydrogen (secondary N) is 1. The molecule has 1 N–H and O–H groups in total. The van der Waals surface area contributed by atoms with Gasteiger partial charge in [0.2, 0.25) is 0 Å². The van der Waals surface area contributed by atoms with Gasteiger partial charge < -0.3 is 9.88 Å². The third-order valence-corrected chi connectivity index (χ3v) is 4.95. The SMILES string of the molecule is CCC(C)Cn1c(CNC(=O)c2cccs2)nc2ccccc21. The molecular formula is C18H21N3OS. The number of fused-ring (bicyclic) bond motifs is 1. The number of carbonyl (C=O) groups excluding carboxylic acids is 1. The molecule has 0 spiro atoms. The fourth-order valence-corrected chi connectivity index (χ4v) is 3.20. The topological polar surface area (TPSA) is 46.9 Å². The lowest BCUT2D eigenvalue weighted by atomic mass is 10.1. The summed E-state index contributed by atoms with van der Waals surface area (Å²) in [7, 11) is 0. The maximum absolute atomic E-state index is 12.1. The molecule has 2 heterocycles. The summed E-state index contributed by atoms with van der Waals surface area (Å²) in [5.41, 5.74) is 2.12. The first-order chi connectivity index (χ1) is 11.2. The second kappa shape index (κ2) is 6.96. The molecule has 0 saturated carbocycles. The molecule has 1 amide bonds. The van der Waals surface area contributed by atoms with E-state index in [0.29, 0.717) is 12.5 Å². The summed E-state index contributed by atoms with van der Waals surface area (Å²) in [6.45, 7) is 5.80. The number of rotatable bonds is 6. The van der Waals surface area contributed by atoms with Crippen molar-refractivity contribution < 1.29 is 4.79 Å². The van der Waals surface area contributed by atoms with E-state index in [2.05, 4.69) is 29.8 Å². The third kappa shape index (κ3) is 3.45. The first-order valence-electron chi connectivity index (χ1n) is 7.95. The van der Waals surface area contributed by atoms with Crippen LogP contribution in [0.25, 0.3) is 11.0 Å². The fourth-order valence-electron chi connectivity index (χ4n) is 2.56. The Morgan fingerprint density at radius 1 is 1.30 bits per heavy atom. The molecule has 3 aromatic rings. The Morgan fingerprint density at radius 2 is 2.13 bits per heavy atom. The molecule has 2 aromatic heterocycles. The summed E-state index contributed by atoms with van der Waals surface area (Å²) < 4.78 is 2.23. The van der Waals surface area contributed by atoms with E-state index in [1.807, 2.05) is 35.7 Å². The molecule has 23 heavy (non-hydrogen) atoms. The van der Waals surface area contributed by atoms with Gasteiger partial charge in [0.1, 0.15) is 5.82 Å². The quantitative estimate of drug-likeness (QED) is 0.742. The normalized spacial score (nSPS) is 12.4. The van der Waals surface area contributed by atoms with Crippen molar-refractivity contribution in [2.75, 3.05) is 0 Å². The van der Waals surface area contributed by atoms with Gasteiger partial charge in [0.05, 0.1) is 22.5 Å². The van der Waals surface area contributed by atoms with Gasteiger partial charge in [-0.25, -0.2) is 4.98 Å². The van der Waals surface area contributed by atoms with E-state index in [1.54, 1.807) is 0 Å². The van der Waals surface area contributed by atoms with Gasteiger partial charge in [-0.15, -0.1) is 11.3 Å². The number of nitrogens with zero attached hydrogens (tertiary/aromatic N) is 2. The number of para-hydroxylation sites is 2. The summed E-state index contributed by atoms with van der Waals surface area (Å²) >= 11 is 1.45. The zero-order valence-electron chi connectivity index (χ0n) is 13.5. The Kier molecular flexibility index (Phi) is 4.76. The Hall–Kier alpha value is -2.14. The lowest BCUT2D eigenvalue weighted by Gasteiger charge is -2.14. The van der Waals surface area contributed by atoms with Gasteiger partial charge in [-0.2, -0.15) is 0 Å². The molecule has 0 fully saturated rings. The van der Waals surface area contributed by atoms with Crippen molar-refractivity contribution in [1.29, 1.82) is 0 Å². The number of aromatic nitrogens is 2. The molecule has 1 atom stereocenters. The Labute approximate surface area is 140 Å². The first-order valence-corrected chi connectivity index (χ1v) is 8.83. The van der Waals surface area contributed by atoms with Crippen molar-refractivity contribution in [2.45, 2.75) is 33.4 Å². The molecule has 1 unspecified atom stereocenters. The minimum atomic E-state index is -0.0397. The number of imidazole rings is 1. The van der Waals surface area contributed by atoms with Gasteiger partial charge in [0, 0.05) is 6.54 Å². The zero-order chi connectivity index (χ0) is 16.2. The highest BCUT2D eigenvalue weighted by Crippen LogP contribution is 2.19. The lowest BCUT2D eigenvalue weighted by Crippen LogP contribution is -2.24. The summed E-state index contributed by atoms with van der Waals surface area (Å²) in [4.78, 5) is 17.6. The van der Waals surface area contributed by atoms with Crippen LogP contribution < -0.4 is 5.32 Å². The van der Waals surface area contributed by atoms with Crippen molar-refractivity contribution in [3.63, 3.8) is 0 Å². The average molecular weight is 327 g/mol. The molecule has 0 bridgehead atoms. The highest BCUT2D eigenvalue weighted by molar-refractivity contribution is 7.12. The molecule has 120 valence electrons. The molecule has 1 aromatic carbocycles. The Bertz CT molecular complexity index is 792. The Balaban J connectivity index is 1.84. The molecule has 0 radical (unpaired) electrons. The van der Waals surface area contributed by atoms with Crippen LogP contribution in [0.3, 0.4) is 0 Å². The van der Waals surface area contributed by atoms with E-state index in [-0.39, 0.29) is 5.91 Å². The van der Waals surface area contributed by atoms with Gasteiger partial charge in [-0.3, -0.25) is 4.79 Å². The highest BCUT2D eigenvalue weighted by Gasteiger charge is 2.14. The van der Waals surface area contributed by atoms with Crippen LogP contribution in [0, 0.1) is 5.92 Å². The van der Waals surface area contributed by atoms with Crippen molar-refractivity contribution >= 4 is 28.3 Å². The number of thiophene rings is 1. The van der Waals surface area contributed by atoms with Crippen LogP contribution in [0.4, 0.5) is 0 Å². The molecule has 0 aliphatic heterocycles. The average Bonchev–Trinajstić information content (AvgIpc) is 3.21. The maximum atomic E-state index is 12.1. The van der Waals surface area contributed by atoms with Crippen molar-refractivity contribution in [2.24, 2.45) is 5.92 Å². The van der Waals surface area contributed by atoms with E-state index >= 15 is 0 Å². The summed E-state index contributed by atoms with van der Waals surface area (Å²) in [6.07, 6.45) is 1.12. The van der Waals surface area contributed by atoms with Crippen LogP contribution >= 0.6 is 11.3 Å². The van der Waals surface area contributed by atoms with Gasteiger partial charge in [-0.1, -0.05) is 38.5 Å². The van der Waals surface area contributed by atoms with Gasteiger partial charge >= 0.3 is 0 Å². The van der Waals surface area contributed by atoms with Gasteiger partial charge in [0.25, 0.3) is 5.91 Å². The van der Waals surface area contributed by atoms with Gasteiger partial charge in [0.15, 0.2) is 0 Å². The largest absolute Gasteiger partial charge is 0.344 e. The lowest BCUT2D eigenvalue weighted by molar-refractivity contribution is 0.0953. The number of amides is 1. The maximum Gasteiger partial charge on any atom is 0.261 e. The van der Waals surface area contributed by atoms with E-state index < -0.39 is 0 Å². The molecule has 0 aliphatic carbocycles. The number of hydrogen-bond acceptors (Lipinski definition) is 3. The molecule has 5 heteroatoms. The molecule has 4 nitrogen and oxygen atoms in total. The summed E-state index contributed by atoms with van der Waals surface area (Å²) in [5.74, 6) is 1.44. The Morgan fingerprint density at radius 3 is 2.87 bits per heavy atom. The molecule has 3 rings (SSSR count). The standard InChI is InChI=1S/C18H21N3OS/c1-3-13(2)12-21-15-8-5-4-7-14(15)20-17(21)11-19-18(22)16-9-6-10-23-16/h4-10,13H,3,11-12H2,1-2H3,(H,19,22). The first kappa shape index (κ1) is 15.7. The van der Waals surface area contributed by atoms with E-state index in [1.165, 1.54) is 11.3 Å². The zero-order valence-corrected chi connectivity index (χ0v) is 14.3. The van der Waals surface area contributed by atoms with Crippen molar-refractivity contribution in [1.82, 2.24) is 14.9 Å². The fraction of sp³-hybridized carbons (Fsp3) is 0.333. The highest BCUT2D eigenvalue weighted by atomic mass is 32.1. The molecule has 0 aliphatic rings. The van der Waals surface area contributed by atoms with E-state index in [9.17, 15) is 4.79 Å². The minimum Gasteiger partial charge on any atom is -0.344 e. The van der Waals surface area contributed by atoms with E-state index in [0.717, 1.165) is 34.7 Å². The third-order valence-electron chi connectivity index (χ3n) is 4.08. The molecular weight excluding hydrogens is 306 g/mol. The number of carbonyl (C=O) groups is 1. The van der Waals surface area contributed by atoms with Crippen LogP contribution in [0.2, 0.25) is 0 Å². The van der Waals surface area contributed by atoms with Crippen LogP contribution in [0.15, 0.2) is 41.8 Å². The van der Waals surface area contributed by atoms with Crippen molar-refractivity contribution in [3.8, 4) is 0 Å².